The fraction of sp³-hybridized carbons (Fsp3) is 0.235. The average Bonchev–Trinajstić information content (AvgIpc) is 0.699. The van der Waals surface area contributed by atoms with Gasteiger partial charge in [-0.3, -0.25) is 0 Å². The predicted molar refractivity (Wildman–Crippen MR) is 460 cm³/mol. The quantitative estimate of drug-likeness (QED) is 0.133. The second-order valence-corrected chi connectivity index (χ2v) is 35.8. The molecule has 2 aliphatic rings. The third-order valence-corrected chi connectivity index (χ3v) is 22.2. The molecule has 3 heterocycles. The van der Waals surface area contributed by atoms with Crippen LogP contribution < -0.4 is 26.2 Å². The number of benzene rings is 13. The Kier molecular flexibility index (Phi) is 15.1. The van der Waals surface area contributed by atoms with Gasteiger partial charge in [-0.05, 0) is 181 Å². The van der Waals surface area contributed by atoms with Gasteiger partial charge >= 0.3 is 0 Å². The van der Waals surface area contributed by atoms with Gasteiger partial charge in [-0.25, -0.2) is 0 Å². The number of aromatic nitrogens is 1. The first-order chi connectivity index (χ1) is 52.9. The summed E-state index contributed by atoms with van der Waals surface area (Å²) >= 11 is 0. The van der Waals surface area contributed by atoms with Gasteiger partial charge in [-0.2, -0.15) is 0 Å². The normalized spacial score (nSPS) is 14.1. The molecule has 0 N–H and O–H groups in total. The van der Waals surface area contributed by atoms with E-state index in [0.717, 1.165) is 117 Å². The van der Waals surface area contributed by atoms with Gasteiger partial charge in [-0.15, -0.1) is 0 Å². The third kappa shape index (κ3) is 12.3. The Hall–Kier alpha value is -10.7. The SMILES string of the molecule is [2H]c1c([2H])c(-c2ccccc2)c(N2c3ccc(-c4cc(C(C)(C)C)cc(C(C)(C)C)c4)cc3B3c4ccc(-n5c6ccc(C(C)(C)C)cc6c6cc(C(C)(C)C)ccc65)cc4N(c4c(-c5ccccc5)c([2H])c([2H])c([2H])c4-c4ccccc4)c4cc(-c5ccc(C(C)(C)C)cc5C(C)(C)C)cc2c43)c(-c2ccccc2)c1[2H]. The van der Waals surface area contributed by atoms with E-state index in [2.05, 4.69) is 260 Å². The molecule has 0 unspecified atom stereocenters. The van der Waals surface area contributed by atoms with E-state index in [1.54, 1.807) is 0 Å². The van der Waals surface area contributed by atoms with Crippen LogP contribution in [0.2, 0.25) is 0 Å². The van der Waals surface area contributed by atoms with Crippen LogP contribution >= 0.6 is 0 Å². The van der Waals surface area contributed by atoms with Crippen molar-refractivity contribution >= 4 is 79.0 Å². The Morgan fingerprint density at radius 3 is 1.09 bits per heavy atom. The summed E-state index contributed by atoms with van der Waals surface area (Å²) in [7, 11) is 0. The molecule has 0 spiro atoms. The van der Waals surface area contributed by atoms with E-state index in [4.69, 9.17) is 0 Å². The molecular formula is C102H100BN3. The highest BCUT2D eigenvalue weighted by Gasteiger charge is 2.46. The fourth-order valence-electron chi connectivity index (χ4n) is 16.2. The smallest absolute Gasteiger partial charge is 0.252 e. The lowest BCUT2D eigenvalue weighted by atomic mass is 9.33. The Morgan fingerprint density at radius 1 is 0.274 bits per heavy atom. The molecule has 0 amide bonds. The molecule has 16 rings (SSSR count). The van der Waals surface area contributed by atoms with Crippen LogP contribution in [-0.4, -0.2) is 11.3 Å². The Morgan fingerprint density at radius 2 is 0.679 bits per heavy atom. The first-order valence-corrected chi connectivity index (χ1v) is 37.8. The molecule has 106 heavy (non-hydrogen) atoms. The molecule has 3 nitrogen and oxygen atoms in total. The molecule has 4 heteroatoms. The van der Waals surface area contributed by atoms with Crippen molar-refractivity contribution in [2.45, 2.75) is 157 Å². The van der Waals surface area contributed by atoms with Gasteiger partial charge in [0, 0.05) is 61.5 Å². The number of rotatable bonds is 9. The second kappa shape index (κ2) is 25.5. The van der Waals surface area contributed by atoms with E-state index in [1.807, 2.05) is 121 Å². The zero-order valence-electron chi connectivity index (χ0n) is 71.0. The highest BCUT2D eigenvalue weighted by molar-refractivity contribution is 7.00. The molecule has 0 atom stereocenters. The van der Waals surface area contributed by atoms with Crippen molar-refractivity contribution in [3.8, 4) is 72.4 Å². The highest BCUT2D eigenvalue weighted by atomic mass is 15.2. The maximum absolute atomic E-state index is 10.6. The molecule has 14 aromatic rings. The van der Waals surface area contributed by atoms with Crippen LogP contribution in [0.5, 0.6) is 0 Å². The van der Waals surface area contributed by atoms with Crippen molar-refractivity contribution in [1.29, 1.82) is 0 Å². The van der Waals surface area contributed by atoms with Gasteiger partial charge in [-0.1, -0.05) is 349 Å². The number of fused-ring (bicyclic) bond motifs is 7. The van der Waals surface area contributed by atoms with Crippen molar-refractivity contribution in [3.05, 3.63) is 312 Å². The molecule has 0 saturated heterocycles. The first-order valence-electron chi connectivity index (χ1n) is 40.8. The molecule has 0 radical (unpaired) electrons. The van der Waals surface area contributed by atoms with E-state index >= 15 is 0 Å². The molecule has 0 aliphatic carbocycles. The van der Waals surface area contributed by atoms with E-state index in [0.29, 0.717) is 33.6 Å². The van der Waals surface area contributed by atoms with Crippen LogP contribution in [0.4, 0.5) is 34.1 Å². The minimum Gasteiger partial charge on any atom is -0.310 e. The van der Waals surface area contributed by atoms with Crippen molar-refractivity contribution in [2.24, 2.45) is 0 Å². The van der Waals surface area contributed by atoms with Crippen molar-refractivity contribution < 1.29 is 8.22 Å². The highest BCUT2D eigenvalue weighted by Crippen LogP contribution is 2.55. The zero-order valence-corrected chi connectivity index (χ0v) is 65.0. The van der Waals surface area contributed by atoms with Crippen molar-refractivity contribution in [3.63, 3.8) is 0 Å². The zero-order chi connectivity index (χ0) is 79.5. The van der Waals surface area contributed by atoms with E-state index < -0.39 is 12.1 Å². The number of para-hydroxylation sites is 2. The van der Waals surface area contributed by atoms with Crippen LogP contribution in [0, 0.1) is 0 Å². The average molecular weight is 1380 g/mol. The summed E-state index contributed by atoms with van der Waals surface area (Å²) in [4.78, 5) is 4.73. The number of anilines is 6. The summed E-state index contributed by atoms with van der Waals surface area (Å²) in [6.45, 7) is 40.6. The molecule has 0 bridgehead atoms. The third-order valence-electron chi connectivity index (χ3n) is 22.2. The summed E-state index contributed by atoms with van der Waals surface area (Å²) in [6, 6.07) is 86.4. The number of hydrogen-bond donors (Lipinski definition) is 0. The van der Waals surface area contributed by atoms with Gasteiger partial charge < -0.3 is 14.4 Å². The minimum atomic E-state index is -0.547. The monoisotopic (exact) mass is 1380 g/mol. The molecule has 0 saturated carbocycles. The Bertz CT molecular complexity index is 5900. The van der Waals surface area contributed by atoms with Gasteiger partial charge in [0.25, 0.3) is 6.71 Å². The topological polar surface area (TPSA) is 11.4 Å². The van der Waals surface area contributed by atoms with Crippen molar-refractivity contribution in [1.82, 2.24) is 4.57 Å². The molecular weight excluding hydrogens is 1280 g/mol. The van der Waals surface area contributed by atoms with Crippen LogP contribution in [-0.2, 0) is 32.5 Å². The Labute approximate surface area is 639 Å². The van der Waals surface area contributed by atoms with Crippen LogP contribution in [0.3, 0.4) is 0 Å². The maximum atomic E-state index is 10.6. The second-order valence-electron chi connectivity index (χ2n) is 35.8. The van der Waals surface area contributed by atoms with E-state index in [9.17, 15) is 8.22 Å². The van der Waals surface area contributed by atoms with E-state index in [-0.39, 0.29) is 63.3 Å². The van der Waals surface area contributed by atoms with Crippen LogP contribution in [0.1, 0.15) is 166 Å². The molecule has 2 aliphatic heterocycles. The number of nitrogens with zero attached hydrogens (tertiary/aromatic N) is 3. The van der Waals surface area contributed by atoms with Crippen LogP contribution in [0.15, 0.2) is 279 Å². The number of hydrogen-bond acceptors (Lipinski definition) is 2. The van der Waals surface area contributed by atoms with E-state index in [1.165, 1.54) is 27.8 Å². The summed E-state index contributed by atoms with van der Waals surface area (Å²) in [6.07, 6.45) is 0. The predicted octanol–water partition coefficient (Wildman–Crippen LogP) is 26.7. The largest absolute Gasteiger partial charge is 0.310 e. The Balaban J connectivity index is 1.16. The van der Waals surface area contributed by atoms with Gasteiger partial charge in [0.15, 0.2) is 0 Å². The standard InChI is InChI=1S/C102H100BN3/c1-97(2,3)72-47-53-88-83(61-72)84-62-73(98(4,5)6)48-54-89(84)104(88)77-49-51-86-91(64-77)106(96-81(67-37-27-21-28-38-67)43-32-44-82(96)68-39-29-22-30-40-68)93-59-71(78-50-46-74(99(7,8)9)63-85(78)102(16,17)18)58-92-94(93)103(86)87-57-69(70-55-75(100(10,11)12)60-76(56-70)101(13,14)15)45-52-90(87)105(92)95-79(65-33-23-19-24-34-65)41-31-42-80(95)66-35-25-20-26-36-66/h19-64H,1-18H3/i31D,32D,41D,42D,43D,44D. The van der Waals surface area contributed by atoms with Gasteiger partial charge in [0.1, 0.15) is 0 Å². The molecule has 1 aromatic heterocycles. The van der Waals surface area contributed by atoms with Gasteiger partial charge in [0.2, 0.25) is 0 Å². The lowest BCUT2D eigenvalue weighted by Crippen LogP contribution is -2.61. The van der Waals surface area contributed by atoms with Crippen LogP contribution in [0.25, 0.3) is 94.3 Å². The molecule has 526 valence electrons. The summed E-state index contributed by atoms with van der Waals surface area (Å²) < 4.78 is 64.7. The lowest BCUT2D eigenvalue weighted by molar-refractivity contribution is 0.568. The summed E-state index contributed by atoms with van der Waals surface area (Å²) in [5.41, 5.74) is 25.4. The minimum absolute atomic E-state index is 0.0621. The van der Waals surface area contributed by atoms with Gasteiger partial charge in [0.05, 0.1) is 30.6 Å². The first kappa shape index (κ1) is 62.7. The maximum Gasteiger partial charge on any atom is 0.252 e. The summed E-state index contributed by atoms with van der Waals surface area (Å²) in [5, 5.41) is 2.32. The fourth-order valence-corrected chi connectivity index (χ4v) is 16.2. The molecule has 0 fully saturated rings. The van der Waals surface area contributed by atoms with Crippen molar-refractivity contribution in [2.75, 3.05) is 9.80 Å². The lowest BCUT2D eigenvalue weighted by Gasteiger charge is -2.46. The molecule has 13 aromatic carbocycles. The summed E-state index contributed by atoms with van der Waals surface area (Å²) in [5.74, 6) is 0.